The zero-order valence-electron chi connectivity index (χ0n) is 11.9. The largest absolute Gasteiger partial charge is 0.291 e. The summed E-state index contributed by atoms with van der Waals surface area (Å²) >= 11 is 0. The van der Waals surface area contributed by atoms with E-state index in [2.05, 4.69) is 0 Å². The quantitative estimate of drug-likeness (QED) is 0.642. The molecule has 3 rings (SSSR count). The topological polar surface area (TPSA) is 63.7 Å². The molecule has 0 radical (unpaired) electrons. The van der Waals surface area contributed by atoms with Gasteiger partial charge in [-0.25, -0.2) is 0 Å². The number of hydrogen-bond acceptors (Lipinski definition) is 4. The highest BCUT2D eigenvalue weighted by atomic mass is 16.7. The number of Topliss-reactive ketones (excluding diaryl/α,β-unsaturated/α-hetero) is 1. The second-order valence-electron chi connectivity index (χ2n) is 5.02. The minimum absolute atomic E-state index is 0.288. The highest BCUT2D eigenvalue weighted by molar-refractivity contribution is 6.20. The van der Waals surface area contributed by atoms with Crippen LogP contribution in [0, 0.1) is 6.92 Å². The van der Waals surface area contributed by atoms with Crippen molar-refractivity contribution < 1.29 is 19.2 Å². The number of aryl methyl sites for hydroxylation is 1. The summed E-state index contributed by atoms with van der Waals surface area (Å²) in [4.78, 5) is 41.4. The van der Waals surface area contributed by atoms with Crippen molar-refractivity contribution in [3.8, 4) is 0 Å². The number of carbonyl (C=O) groups excluding carboxylic acids is 3. The Balaban J connectivity index is 1.72. The lowest BCUT2D eigenvalue weighted by Crippen LogP contribution is -2.32. The van der Waals surface area contributed by atoms with Crippen molar-refractivity contribution in [3.05, 3.63) is 70.8 Å². The van der Waals surface area contributed by atoms with Crippen LogP contribution in [0.15, 0.2) is 48.5 Å². The van der Waals surface area contributed by atoms with E-state index in [0.717, 1.165) is 5.56 Å². The van der Waals surface area contributed by atoms with Gasteiger partial charge in [0.25, 0.3) is 11.8 Å². The first-order chi connectivity index (χ1) is 10.6. The first kappa shape index (κ1) is 14.2. The number of carbonyl (C=O) groups is 3. The lowest BCUT2D eigenvalue weighted by atomic mass is 10.1. The fraction of sp³-hybridized carbons (Fsp3) is 0.118. The molecule has 0 aliphatic carbocycles. The molecule has 1 aliphatic rings. The maximum atomic E-state index is 12.1. The molecule has 5 heteroatoms. The Bertz CT molecular complexity index is 747. The van der Waals surface area contributed by atoms with Crippen LogP contribution in [0.1, 0.15) is 36.6 Å². The molecular weight excluding hydrogens is 282 g/mol. The average molecular weight is 295 g/mol. The first-order valence-corrected chi connectivity index (χ1v) is 6.78. The molecule has 0 unspecified atom stereocenters. The second-order valence-corrected chi connectivity index (χ2v) is 5.02. The summed E-state index contributed by atoms with van der Waals surface area (Å²) in [6.45, 7) is 1.51. The number of fused-ring (bicyclic) bond motifs is 1. The summed E-state index contributed by atoms with van der Waals surface area (Å²) < 4.78 is 0. The zero-order valence-corrected chi connectivity index (χ0v) is 11.9. The molecule has 5 nitrogen and oxygen atoms in total. The van der Waals surface area contributed by atoms with Crippen LogP contribution in [0.2, 0.25) is 0 Å². The van der Waals surface area contributed by atoms with Gasteiger partial charge in [-0.05, 0) is 25.1 Å². The number of amides is 2. The molecular formula is C17H13NO4. The SMILES string of the molecule is Cc1cccc(C(=O)CON2C(=O)c3ccccc3C2=O)c1. The van der Waals surface area contributed by atoms with Crippen LogP contribution >= 0.6 is 0 Å². The molecule has 0 spiro atoms. The third-order valence-electron chi connectivity index (χ3n) is 3.42. The molecule has 0 bridgehead atoms. The Morgan fingerprint density at radius 1 is 1.00 bits per heavy atom. The Morgan fingerprint density at radius 3 is 2.23 bits per heavy atom. The zero-order chi connectivity index (χ0) is 15.7. The van der Waals surface area contributed by atoms with Crippen LogP contribution in [0.4, 0.5) is 0 Å². The van der Waals surface area contributed by atoms with Crippen LogP contribution < -0.4 is 0 Å². The molecule has 2 aromatic carbocycles. The third-order valence-corrected chi connectivity index (χ3v) is 3.42. The summed E-state index contributed by atoms with van der Waals surface area (Å²) in [5, 5.41) is 0.651. The molecule has 1 heterocycles. The molecule has 22 heavy (non-hydrogen) atoms. The minimum Gasteiger partial charge on any atom is -0.291 e. The maximum absolute atomic E-state index is 12.1. The molecule has 0 saturated heterocycles. The van der Waals surface area contributed by atoms with E-state index in [1.807, 2.05) is 13.0 Å². The van der Waals surface area contributed by atoms with Crippen molar-refractivity contribution in [1.82, 2.24) is 5.06 Å². The lowest BCUT2D eigenvalue weighted by Gasteiger charge is -2.12. The van der Waals surface area contributed by atoms with Crippen LogP contribution in [0.5, 0.6) is 0 Å². The Morgan fingerprint density at radius 2 is 1.64 bits per heavy atom. The van der Waals surface area contributed by atoms with Gasteiger partial charge >= 0.3 is 0 Å². The molecule has 0 saturated carbocycles. The number of ketones is 1. The fourth-order valence-corrected chi connectivity index (χ4v) is 2.31. The van der Waals surface area contributed by atoms with E-state index in [1.165, 1.54) is 0 Å². The first-order valence-electron chi connectivity index (χ1n) is 6.78. The molecule has 2 amide bonds. The van der Waals surface area contributed by atoms with Gasteiger partial charge in [0, 0.05) is 5.56 Å². The van der Waals surface area contributed by atoms with Gasteiger partial charge < -0.3 is 0 Å². The Hall–Kier alpha value is -2.79. The van der Waals surface area contributed by atoms with Crippen molar-refractivity contribution in [1.29, 1.82) is 0 Å². The van der Waals surface area contributed by atoms with E-state index in [0.29, 0.717) is 10.6 Å². The highest BCUT2D eigenvalue weighted by Crippen LogP contribution is 2.22. The molecule has 1 aliphatic heterocycles. The molecule has 2 aromatic rings. The maximum Gasteiger partial charge on any atom is 0.285 e. The molecule has 110 valence electrons. The van der Waals surface area contributed by atoms with E-state index in [4.69, 9.17) is 4.84 Å². The van der Waals surface area contributed by atoms with Crippen molar-refractivity contribution in [2.45, 2.75) is 6.92 Å². The summed E-state index contributed by atoms with van der Waals surface area (Å²) in [5.41, 5.74) is 2.01. The number of hydroxylamine groups is 2. The Labute approximate surface area is 127 Å². The van der Waals surface area contributed by atoms with E-state index in [-0.39, 0.29) is 23.5 Å². The highest BCUT2D eigenvalue weighted by Gasteiger charge is 2.36. The average Bonchev–Trinajstić information content (AvgIpc) is 2.77. The van der Waals surface area contributed by atoms with E-state index < -0.39 is 11.8 Å². The number of imide groups is 1. The fourth-order valence-electron chi connectivity index (χ4n) is 2.31. The molecule has 0 aromatic heterocycles. The predicted octanol–water partition coefficient (Wildman–Crippen LogP) is 2.41. The standard InChI is InChI=1S/C17H13NO4/c1-11-5-4-6-12(9-11)15(19)10-22-18-16(20)13-7-2-3-8-14(13)17(18)21/h2-9H,10H2,1H3. The van der Waals surface area contributed by atoms with Gasteiger partial charge in [-0.3, -0.25) is 19.2 Å². The molecule has 0 N–H and O–H groups in total. The van der Waals surface area contributed by atoms with E-state index >= 15 is 0 Å². The monoisotopic (exact) mass is 295 g/mol. The summed E-state index contributed by atoms with van der Waals surface area (Å²) in [7, 11) is 0. The van der Waals surface area contributed by atoms with Crippen LogP contribution in [0.3, 0.4) is 0 Å². The number of nitrogens with zero attached hydrogens (tertiary/aromatic N) is 1. The Kier molecular flexibility index (Phi) is 3.56. The van der Waals surface area contributed by atoms with Gasteiger partial charge in [-0.15, -0.1) is 5.06 Å². The summed E-state index contributed by atoms with van der Waals surface area (Å²) in [5.74, 6) is -1.38. The molecule has 0 fully saturated rings. The van der Waals surface area contributed by atoms with Crippen LogP contribution in [-0.4, -0.2) is 29.3 Å². The smallest absolute Gasteiger partial charge is 0.285 e. The third kappa shape index (κ3) is 2.42. The van der Waals surface area contributed by atoms with E-state index in [1.54, 1.807) is 42.5 Å². The normalized spacial score (nSPS) is 13.4. The van der Waals surface area contributed by atoms with Gasteiger partial charge in [0.05, 0.1) is 11.1 Å². The summed E-state index contributed by atoms with van der Waals surface area (Å²) in [6, 6.07) is 13.5. The van der Waals surface area contributed by atoms with Crippen molar-refractivity contribution in [3.63, 3.8) is 0 Å². The second kappa shape index (κ2) is 5.54. The van der Waals surface area contributed by atoms with Crippen molar-refractivity contribution in [2.24, 2.45) is 0 Å². The van der Waals surface area contributed by atoms with Crippen molar-refractivity contribution >= 4 is 17.6 Å². The van der Waals surface area contributed by atoms with Crippen LogP contribution in [-0.2, 0) is 4.84 Å². The van der Waals surface area contributed by atoms with Gasteiger partial charge in [-0.1, -0.05) is 35.9 Å². The number of rotatable bonds is 4. The minimum atomic E-state index is -0.544. The van der Waals surface area contributed by atoms with Crippen LogP contribution in [0.25, 0.3) is 0 Å². The van der Waals surface area contributed by atoms with Crippen molar-refractivity contribution in [2.75, 3.05) is 6.61 Å². The number of benzene rings is 2. The lowest BCUT2D eigenvalue weighted by molar-refractivity contribution is -0.0817. The van der Waals surface area contributed by atoms with Gasteiger partial charge in [-0.2, -0.15) is 0 Å². The number of hydrogen-bond donors (Lipinski definition) is 0. The predicted molar refractivity (Wildman–Crippen MR) is 78.4 cm³/mol. The molecule has 0 atom stereocenters. The van der Waals surface area contributed by atoms with Gasteiger partial charge in [0.15, 0.2) is 5.78 Å². The summed E-state index contributed by atoms with van der Waals surface area (Å²) in [6.07, 6.45) is 0. The van der Waals surface area contributed by atoms with Gasteiger partial charge in [0.2, 0.25) is 0 Å². The van der Waals surface area contributed by atoms with Gasteiger partial charge in [0.1, 0.15) is 6.61 Å². The van der Waals surface area contributed by atoms with E-state index in [9.17, 15) is 14.4 Å².